The Labute approximate surface area is 510 Å². The second kappa shape index (κ2) is 16.9. The maximum absolute atomic E-state index is 7.30. The second-order valence-corrected chi connectivity index (χ2v) is 24.5. The van der Waals surface area contributed by atoms with E-state index < -0.39 is 0 Å². The van der Waals surface area contributed by atoms with Crippen LogP contribution in [0.5, 0.6) is 0 Å². The van der Waals surface area contributed by atoms with Gasteiger partial charge in [-0.05, 0) is 141 Å². The van der Waals surface area contributed by atoms with Crippen molar-refractivity contribution in [2.24, 2.45) is 0 Å². The van der Waals surface area contributed by atoms with Crippen LogP contribution in [0.15, 0.2) is 285 Å². The topological polar surface area (TPSA) is 61.4 Å². The molecule has 0 saturated heterocycles. The van der Waals surface area contributed by atoms with Gasteiger partial charge in [-0.1, -0.05) is 182 Å². The number of hydrogen-bond donors (Lipinski definition) is 0. The summed E-state index contributed by atoms with van der Waals surface area (Å²) in [6.45, 7) is 0. The molecule has 0 N–H and O–H groups in total. The first kappa shape index (κ1) is 47.1. The summed E-state index contributed by atoms with van der Waals surface area (Å²) in [6.07, 6.45) is 0. The first-order valence-electron chi connectivity index (χ1n) is 30.8. The van der Waals surface area contributed by atoms with Crippen LogP contribution >= 0.6 is 0 Å². The van der Waals surface area contributed by atoms with Gasteiger partial charge in [-0.15, -0.1) is 0 Å². The van der Waals surface area contributed by atoms with E-state index in [9.17, 15) is 0 Å². The van der Waals surface area contributed by atoms with Crippen molar-refractivity contribution in [1.82, 2.24) is 8.80 Å². The third kappa shape index (κ3) is 6.02. The molecule has 0 spiro atoms. The minimum atomic E-state index is 0.823. The van der Waals surface area contributed by atoms with Crippen molar-refractivity contribution in [3.63, 3.8) is 0 Å². The Morgan fingerprint density at radius 3 is 1.13 bits per heavy atom. The second-order valence-electron chi connectivity index (χ2n) is 24.5. The van der Waals surface area contributed by atoms with E-state index in [0.717, 1.165) is 170 Å². The molecule has 0 aliphatic carbocycles. The Morgan fingerprint density at radius 2 is 0.556 bits per heavy atom. The summed E-state index contributed by atoms with van der Waals surface area (Å²) in [5.41, 5.74) is 24.8. The van der Waals surface area contributed by atoms with Crippen molar-refractivity contribution < 1.29 is 17.7 Å². The molecule has 0 saturated carbocycles. The van der Waals surface area contributed by atoms with E-state index in [0.29, 0.717) is 0 Å². The van der Waals surface area contributed by atoms with E-state index in [2.05, 4.69) is 276 Å². The lowest BCUT2D eigenvalue weighted by atomic mass is 9.92. The predicted octanol–water partition coefficient (Wildman–Crippen LogP) is 23.9. The molecule has 0 radical (unpaired) electrons. The molecule has 0 atom stereocenters. The summed E-state index contributed by atoms with van der Waals surface area (Å²) >= 11 is 0. The summed E-state index contributed by atoms with van der Waals surface area (Å²) in [5, 5.41) is 17.8. The number of rotatable bonds is 5. The third-order valence-corrected chi connectivity index (χ3v) is 20.0. The zero-order chi connectivity index (χ0) is 58.2. The molecule has 6 nitrogen and oxygen atoms in total. The predicted molar refractivity (Wildman–Crippen MR) is 372 cm³/mol. The molecule has 0 amide bonds. The number of fused-ring (bicyclic) bond motifs is 28. The number of aromatic nitrogens is 2. The van der Waals surface area contributed by atoms with Crippen LogP contribution in [0.25, 0.3) is 220 Å². The molecular weight excluding hydrogens is 1100 g/mol. The molecule has 0 bridgehead atoms. The number of hydrogen-bond acceptors (Lipinski definition) is 4. The first-order valence-corrected chi connectivity index (χ1v) is 30.8. The van der Waals surface area contributed by atoms with Gasteiger partial charge in [-0.3, -0.25) is 0 Å². The Balaban J connectivity index is 0.778. The molecule has 8 heterocycles. The molecule has 0 fully saturated rings. The minimum Gasteiger partial charge on any atom is -0.454 e. The van der Waals surface area contributed by atoms with Gasteiger partial charge in [-0.25, -0.2) is 0 Å². The Kier molecular flexibility index (Phi) is 8.84. The van der Waals surface area contributed by atoms with Crippen LogP contribution in [0.4, 0.5) is 0 Å². The van der Waals surface area contributed by atoms with Gasteiger partial charge in [0.15, 0.2) is 22.3 Å². The van der Waals surface area contributed by atoms with Gasteiger partial charge in [0.25, 0.3) is 0 Å². The molecule has 0 aliphatic rings. The molecule has 90 heavy (non-hydrogen) atoms. The number of furan rings is 4. The van der Waals surface area contributed by atoms with Crippen LogP contribution in [-0.4, -0.2) is 8.80 Å². The van der Waals surface area contributed by atoms with Gasteiger partial charge in [0, 0.05) is 86.2 Å². The SMILES string of the molecule is c1ccc(-c2cccc(-c3cc4c5ccc6c7ccccc7oc6c5n5c4c(c3)c3ccc4c(oc6cccc(-c7ccc8oc9c(ccc%10c%11cc(-c%12ccccc%12-c%12ccccc%12)cc%12c%13ccc%14c%15ccccc%15oc%14c%13n(c%12%11)c%109)c8c7)c64)c35)c2)cc1. The van der Waals surface area contributed by atoms with Gasteiger partial charge >= 0.3 is 0 Å². The molecule has 22 aromatic rings. The van der Waals surface area contributed by atoms with E-state index in [1.165, 1.54) is 49.4 Å². The zero-order valence-electron chi connectivity index (χ0n) is 47.9. The average molecular weight is 1150 g/mol. The highest BCUT2D eigenvalue weighted by Gasteiger charge is 2.29. The van der Waals surface area contributed by atoms with E-state index in [4.69, 9.17) is 17.7 Å². The number of para-hydroxylation sites is 2. The summed E-state index contributed by atoms with van der Waals surface area (Å²) in [5.74, 6) is 0. The standard InChI is InChI=1S/C84H44N2O4/c1-3-15-45(16-4-1)47-19-13-20-48(39-47)50-41-66-57-30-34-61-55-23-9-11-26-70(55)87-81(61)77(57)86-75(66)67(42-50)60-33-37-64-74-54(25-14-28-73(74)90-84(64)80(60)86)49-29-38-72-65(40-49)63-36-32-59-69-44-51(53-22-8-7-21-52(53)46-17-5-2-6-18-46)43-68-58-31-35-62-56-24-10-12-27-71(56)88-82(62)78(58)85(76(68)69)79(59)83(63)89-72/h1-44H. The van der Waals surface area contributed by atoms with Crippen molar-refractivity contribution in [3.05, 3.63) is 267 Å². The quantitative estimate of drug-likeness (QED) is 0.172. The fourth-order valence-electron chi connectivity index (χ4n) is 16.1. The Bertz CT molecular complexity index is 6890. The molecule has 22 rings (SSSR count). The van der Waals surface area contributed by atoms with Gasteiger partial charge in [0.05, 0.1) is 33.1 Å². The normalized spacial score (nSPS) is 12.7. The van der Waals surface area contributed by atoms with Crippen molar-refractivity contribution in [2.45, 2.75) is 0 Å². The van der Waals surface area contributed by atoms with E-state index >= 15 is 0 Å². The lowest BCUT2D eigenvalue weighted by molar-refractivity contribution is 0.669. The molecule has 14 aromatic carbocycles. The summed E-state index contributed by atoms with van der Waals surface area (Å²) in [6, 6.07) is 96.8. The van der Waals surface area contributed by atoms with Crippen molar-refractivity contribution in [2.75, 3.05) is 0 Å². The minimum absolute atomic E-state index is 0.823. The fourth-order valence-corrected chi connectivity index (χ4v) is 16.1. The van der Waals surface area contributed by atoms with E-state index in [1.54, 1.807) is 0 Å². The van der Waals surface area contributed by atoms with Crippen LogP contribution in [0.3, 0.4) is 0 Å². The lowest BCUT2D eigenvalue weighted by Gasteiger charge is -2.11. The van der Waals surface area contributed by atoms with Crippen LogP contribution in [0.1, 0.15) is 0 Å². The maximum atomic E-state index is 7.30. The van der Waals surface area contributed by atoms with Crippen LogP contribution in [0.2, 0.25) is 0 Å². The zero-order valence-corrected chi connectivity index (χ0v) is 47.9. The van der Waals surface area contributed by atoms with Crippen molar-refractivity contribution in [3.8, 4) is 55.6 Å². The summed E-state index contributed by atoms with van der Waals surface area (Å²) < 4.78 is 33.3. The molecular formula is C84H44N2O4. The van der Waals surface area contributed by atoms with E-state index in [-0.39, 0.29) is 0 Å². The van der Waals surface area contributed by atoms with Crippen LogP contribution < -0.4 is 0 Å². The molecule has 6 heteroatoms. The van der Waals surface area contributed by atoms with Gasteiger partial charge in [0.2, 0.25) is 0 Å². The Hall–Kier alpha value is -12.1. The van der Waals surface area contributed by atoms with Crippen LogP contribution in [-0.2, 0) is 0 Å². The average Bonchev–Trinajstić information content (AvgIpc) is 1.53. The largest absolute Gasteiger partial charge is 0.454 e. The van der Waals surface area contributed by atoms with Crippen LogP contribution in [0, 0.1) is 0 Å². The highest BCUT2D eigenvalue weighted by molar-refractivity contribution is 6.34. The maximum Gasteiger partial charge on any atom is 0.160 e. The number of benzene rings is 14. The molecule has 414 valence electrons. The Morgan fingerprint density at radius 1 is 0.178 bits per heavy atom. The summed E-state index contributed by atoms with van der Waals surface area (Å²) in [4.78, 5) is 0. The van der Waals surface area contributed by atoms with Gasteiger partial charge in [0.1, 0.15) is 22.3 Å². The molecule has 0 aliphatic heterocycles. The number of nitrogens with zero attached hydrogens (tertiary/aromatic N) is 2. The molecule has 8 aromatic heterocycles. The lowest BCUT2D eigenvalue weighted by Crippen LogP contribution is -1.85. The first-order chi connectivity index (χ1) is 44.6. The van der Waals surface area contributed by atoms with Crippen molar-refractivity contribution >= 4 is 164 Å². The monoisotopic (exact) mass is 1140 g/mol. The van der Waals surface area contributed by atoms with Crippen molar-refractivity contribution in [1.29, 1.82) is 0 Å². The fraction of sp³-hybridized carbons (Fsp3) is 0. The highest BCUT2D eigenvalue weighted by atomic mass is 16.3. The van der Waals surface area contributed by atoms with Gasteiger partial charge < -0.3 is 26.5 Å². The smallest absolute Gasteiger partial charge is 0.160 e. The third-order valence-electron chi connectivity index (χ3n) is 20.0. The molecule has 0 unspecified atom stereocenters. The van der Waals surface area contributed by atoms with E-state index in [1.807, 2.05) is 0 Å². The van der Waals surface area contributed by atoms with Gasteiger partial charge in [-0.2, -0.15) is 0 Å². The summed E-state index contributed by atoms with van der Waals surface area (Å²) in [7, 11) is 0. The highest BCUT2D eigenvalue weighted by Crippen LogP contribution is 2.52.